The Kier molecular flexibility index (Phi) is 2.35. The lowest BCUT2D eigenvalue weighted by Gasteiger charge is -1.95. The monoisotopic (exact) mass is 306 g/mol. The lowest BCUT2D eigenvalue weighted by Crippen LogP contribution is -1.71. The molecule has 12 heavy (non-hydrogen) atoms. The van der Waals surface area contributed by atoms with Crippen molar-refractivity contribution in [3.05, 3.63) is 26.6 Å². The maximum Gasteiger partial charge on any atom is 0.0479 e. The predicted molar refractivity (Wildman–Crippen MR) is 66.5 cm³/mol. The summed E-state index contributed by atoms with van der Waals surface area (Å²) < 4.78 is 2.68. The number of thiophene rings is 1. The third kappa shape index (κ3) is 1.49. The Morgan fingerprint density at radius 1 is 1.33 bits per heavy atom. The fourth-order valence-corrected chi connectivity index (χ4v) is 3.62. The zero-order valence-electron chi connectivity index (χ0n) is 6.47. The van der Waals surface area contributed by atoms with Crippen LogP contribution in [0.1, 0.15) is 4.88 Å². The standard InChI is InChI=1S/C9H7IS2/c1-5-2-6-3-7(11)4-8(10)9(6)12-5/h2-4,11H,1H3. The molecule has 0 unspecified atom stereocenters. The largest absolute Gasteiger partial charge is 0.143 e. The van der Waals surface area contributed by atoms with Crippen LogP contribution >= 0.6 is 46.6 Å². The Hall–Kier alpha value is 0.260. The normalized spacial score (nSPS) is 10.9. The molecule has 0 saturated heterocycles. The topological polar surface area (TPSA) is 0 Å². The first-order chi connectivity index (χ1) is 5.66. The zero-order valence-corrected chi connectivity index (χ0v) is 10.3. The van der Waals surface area contributed by atoms with Crippen molar-refractivity contribution in [1.29, 1.82) is 0 Å². The summed E-state index contributed by atoms with van der Waals surface area (Å²) >= 11 is 8.54. The minimum Gasteiger partial charge on any atom is -0.143 e. The summed E-state index contributed by atoms with van der Waals surface area (Å²) in [5.41, 5.74) is 0. The summed E-state index contributed by atoms with van der Waals surface area (Å²) in [6, 6.07) is 6.42. The number of fused-ring (bicyclic) bond motifs is 1. The molecule has 0 atom stereocenters. The molecule has 0 N–H and O–H groups in total. The Morgan fingerprint density at radius 3 is 2.83 bits per heavy atom. The van der Waals surface area contributed by atoms with Crippen LogP contribution in [-0.2, 0) is 0 Å². The van der Waals surface area contributed by atoms with Crippen LogP contribution in [-0.4, -0.2) is 0 Å². The number of hydrogen-bond donors (Lipinski definition) is 1. The van der Waals surface area contributed by atoms with E-state index in [2.05, 4.69) is 60.3 Å². The van der Waals surface area contributed by atoms with E-state index in [1.165, 1.54) is 18.5 Å². The van der Waals surface area contributed by atoms with Crippen LogP contribution in [0.15, 0.2) is 23.1 Å². The van der Waals surface area contributed by atoms with Gasteiger partial charge in [-0.3, -0.25) is 0 Å². The molecule has 1 heterocycles. The molecule has 0 aliphatic heterocycles. The molecule has 0 aliphatic rings. The molecule has 0 nitrogen and oxygen atoms in total. The summed E-state index contributed by atoms with van der Waals surface area (Å²) in [5.74, 6) is 0. The second-order valence-electron chi connectivity index (χ2n) is 2.70. The van der Waals surface area contributed by atoms with Crippen LogP contribution in [0.4, 0.5) is 0 Å². The van der Waals surface area contributed by atoms with E-state index < -0.39 is 0 Å². The van der Waals surface area contributed by atoms with Gasteiger partial charge in [0.2, 0.25) is 0 Å². The van der Waals surface area contributed by atoms with E-state index >= 15 is 0 Å². The minimum atomic E-state index is 1.05. The highest BCUT2D eigenvalue weighted by molar-refractivity contribution is 14.1. The van der Waals surface area contributed by atoms with E-state index in [9.17, 15) is 0 Å². The summed E-state index contributed by atoms with van der Waals surface area (Å²) in [4.78, 5) is 2.41. The number of thiol groups is 1. The molecule has 1 aromatic heterocycles. The van der Waals surface area contributed by atoms with Gasteiger partial charge >= 0.3 is 0 Å². The Balaban J connectivity index is 2.88. The van der Waals surface area contributed by atoms with Crippen molar-refractivity contribution >= 4 is 56.6 Å². The van der Waals surface area contributed by atoms with Crippen molar-refractivity contribution in [1.82, 2.24) is 0 Å². The zero-order chi connectivity index (χ0) is 8.72. The van der Waals surface area contributed by atoms with Gasteiger partial charge in [0.15, 0.2) is 0 Å². The summed E-state index contributed by atoms with van der Waals surface area (Å²) in [6.07, 6.45) is 0. The molecule has 0 fully saturated rings. The Bertz CT molecular complexity index is 431. The molecule has 0 bridgehead atoms. The molecule has 2 aromatic rings. The van der Waals surface area contributed by atoms with Gasteiger partial charge in [0.05, 0.1) is 0 Å². The number of rotatable bonds is 0. The van der Waals surface area contributed by atoms with Gasteiger partial charge in [0, 0.05) is 18.0 Å². The van der Waals surface area contributed by atoms with Crippen molar-refractivity contribution < 1.29 is 0 Å². The maximum atomic E-state index is 4.34. The second kappa shape index (κ2) is 3.20. The van der Waals surface area contributed by atoms with E-state index in [1.54, 1.807) is 0 Å². The first-order valence-corrected chi connectivity index (χ1v) is 5.90. The van der Waals surface area contributed by atoms with Crippen LogP contribution in [0.2, 0.25) is 0 Å². The van der Waals surface area contributed by atoms with Crippen LogP contribution in [0, 0.1) is 10.5 Å². The fraction of sp³-hybridized carbons (Fsp3) is 0.111. The van der Waals surface area contributed by atoms with Crippen LogP contribution in [0.25, 0.3) is 10.1 Å². The molecule has 0 radical (unpaired) electrons. The molecule has 0 saturated carbocycles. The summed E-state index contributed by atoms with van der Waals surface area (Å²) in [7, 11) is 0. The molecular formula is C9H7IS2. The number of halogens is 1. The van der Waals surface area contributed by atoms with Gasteiger partial charge in [-0.25, -0.2) is 0 Å². The minimum absolute atomic E-state index is 1.05. The fourth-order valence-electron chi connectivity index (χ4n) is 1.22. The van der Waals surface area contributed by atoms with Crippen LogP contribution in [0.3, 0.4) is 0 Å². The predicted octanol–water partition coefficient (Wildman–Crippen LogP) is 4.10. The van der Waals surface area contributed by atoms with E-state index in [-0.39, 0.29) is 0 Å². The summed E-state index contributed by atoms with van der Waals surface area (Å²) in [6.45, 7) is 2.14. The Morgan fingerprint density at radius 2 is 2.08 bits per heavy atom. The molecule has 3 heteroatoms. The van der Waals surface area contributed by atoms with Crippen molar-refractivity contribution in [2.75, 3.05) is 0 Å². The third-order valence-corrected chi connectivity index (χ3v) is 4.25. The molecule has 0 amide bonds. The van der Waals surface area contributed by atoms with Gasteiger partial charge in [0.1, 0.15) is 0 Å². The third-order valence-electron chi connectivity index (χ3n) is 1.68. The van der Waals surface area contributed by atoms with E-state index in [1.807, 2.05) is 11.3 Å². The van der Waals surface area contributed by atoms with Gasteiger partial charge in [0.25, 0.3) is 0 Å². The van der Waals surface area contributed by atoms with E-state index in [0.29, 0.717) is 0 Å². The van der Waals surface area contributed by atoms with Crippen molar-refractivity contribution in [2.24, 2.45) is 0 Å². The average Bonchev–Trinajstić information content (AvgIpc) is 2.29. The number of hydrogen-bond acceptors (Lipinski definition) is 2. The van der Waals surface area contributed by atoms with Crippen LogP contribution in [0.5, 0.6) is 0 Å². The highest BCUT2D eigenvalue weighted by Crippen LogP contribution is 2.31. The molecular weight excluding hydrogens is 299 g/mol. The molecule has 0 aliphatic carbocycles. The van der Waals surface area contributed by atoms with Gasteiger partial charge in [-0.2, -0.15) is 0 Å². The van der Waals surface area contributed by atoms with Crippen molar-refractivity contribution in [3.63, 3.8) is 0 Å². The van der Waals surface area contributed by atoms with Gasteiger partial charge < -0.3 is 0 Å². The lowest BCUT2D eigenvalue weighted by atomic mass is 10.2. The lowest BCUT2D eigenvalue weighted by molar-refractivity contribution is 1.51. The number of benzene rings is 1. The highest BCUT2D eigenvalue weighted by Gasteiger charge is 2.02. The van der Waals surface area contributed by atoms with E-state index in [0.717, 1.165) is 4.90 Å². The molecule has 62 valence electrons. The molecule has 1 aromatic carbocycles. The average molecular weight is 306 g/mol. The first kappa shape index (κ1) is 8.84. The SMILES string of the molecule is Cc1cc2cc(S)cc(I)c2s1. The second-order valence-corrected chi connectivity index (χ2v) is 5.64. The van der Waals surface area contributed by atoms with Gasteiger partial charge in [-0.1, -0.05) is 0 Å². The van der Waals surface area contributed by atoms with E-state index in [4.69, 9.17) is 0 Å². The molecule has 0 spiro atoms. The highest BCUT2D eigenvalue weighted by atomic mass is 127. The summed E-state index contributed by atoms with van der Waals surface area (Å²) in [5, 5.41) is 1.31. The van der Waals surface area contributed by atoms with Gasteiger partial charge in [-0.15, -0.1) is 24.0 Å². The first-order valence-electron chi connectivity index (χ1n) is 3.55. The molecule has 2 rings (SSSR count). The Labute approximate surface area is 94.5 Å². The maximum absolute atomic E-state index is 4.34. The quantitative estimate of drug-likeness (QED) is 0.550. The van der Waals surface area contributed by atoms with Crippen molar-refractivity contribution in [3.8, 4) is 0 Å². The number of aryl methyl sites for hydroxylation is 1. The smallest absolute Gasteiger partial charge is 0.0479 e. The van der Waals surface area contributed by atoms with Crippen LogP contribution < -0.4 is 0 Å². The van der Waals surface area contributed by atoms with Crippen molar-refractivity contribution in [2.45, 2.75) is 11.8 Å². The van der Waals surface area contributed by atoms with Gasteiger partial charge in [-0.05, 0) is 53.1 Å².